The van der Waals surface area contributed by atoms with E-state index in [0.29, 0.717) is 3.42 Å². The number of likely N-dealkylation sites (tertiary alicyclic amines) is 1. The molecule has 0 aromatic rings. The van der Waals surface area contributed by atoms with Crippen LogP contribution < -0.4 is 5.32 Å². The summed E-state index contributed by atoms with van der Waals surface area (Å²) in [5, 5.41) is 3.20. The normalized spacial score (nSPS) is 25.7. The number of alkyl halides is 1. The Bertz CT molecular complexity index is 93.7. The summed E-state index contributed by atoms with van der Waals surface area (Å²) in [5.41, 5.74) is 0. The summed E-state index contributed by atoms with van der Waals surface area (Å²) in [6, 6.07) is 0. The van der Waals surface area contributed by atoms with Crippen LogP contribution in [0.15, 0.2) is 0 Å². The van der Waals surface area contributed by atoms with Crippen molar-refractivity contribution in [2.45, 2.75) is 3.42 Å². The van der Waals surface area contributed by atoms with Gasteiger partial charge in [-0.3, -0.25) is 0 Å². The van der Waals surface area contributed by atoms with Crippen LogP contribution in [-0.4, -0.2) is 42.1 Å². The van der Waals surface area contributed by atoms with Crippen molar-refractivity contribution >= 4 is 22.6 Å². The van der Waals surface area contributed by atoms with Gasteiger partial charge >= 0.3 is 0 Å². The second-order valence-electron chi connectivity index (χ2n) is 2.85. The van der Waals surface area contributed by atoms with Crippen LogP contribution in [0.25, 0.3) is 0 Å². The molecule has 1 fully saturated rings. The van der Waals surface area contributed by atoms with E-state index in [1.54, 1.807) is 0 Å². The molecule has 2 nitrogen and oxygen atoms in total. The van der Waals surface area contributed by atoms with Crippen molar-refractivity contribution in [2.75, 3.05) is 33.7 Å². The summed E-state index contributed by atoms with van der Waals surface area (Å²) in [5.74, 6) is 0. The van der Waals surface area contributed by atoms with Gasteiger partial charge in [0.2, 0.25) is 0 Å². The topological polar surface area (TPSA) is 15.3 Å². The fourth-order valence-electron chi connectivity index (χ4n) is 1.35. The monoisotopic (exact) mass is 240 g/mol. The lowest BCUT2D eigenvalue weighted by atomic mass is 10.0. The Kier molecular flexibility index (Phi) is 2.34. The van der Waals surface area contributed by atoms with Gasteiger partial charge < -0.3 is 10.2 Å². The highest BCUT2D eigenvalue weighted by Crippen LogP contribution is 2.28. The summed E-state index contributed by atoms with van der Waals surface area (Å²) in [7, 11) is 4.17. The minimum absolute atomic E-state index is 0.529. The lowest BCUT2D eigenvalue weighted by molar-refractivity contribution is 0.175. The standard InChI is InChI=1S/C6H13IN2/c1-8-3-6(7)4-9(2)5-6/h8H,3-5H2,1-2H3. The Hall–Kier alpha value is 0.650. The molecule has 0 unspecified atom stereocenters. The van der Waals surface area contributed by atoms with Gasteiger partial charge in [-0.1, -0.05) is 22.6 Å². The third-order valence-corrected chi connectivity index (χ3v) is 2.66. The van der Waals surface area contributed by atoms with Crippen molar-refractivity contribution in [1.82, 2.24) is 10.2 Å². The van der Waals surface area contributed by atoms with E-state index in [9.17, 15) is 0 Å². The van der Waals surface area contributed by atoms with Gasteiger partial charge in [-0.25, -0.2) is 0 Å². The van der Waals surface area contributed by atoms with Gasteiger partial charge in [-0.2, -0.15) is 0 Å². The van der Waals surface area contributed by atoms with Gasteiger partial charge in [0, 0.05) is 19.6 Å². The Morgan fingerprint density at radius 1 is 1.67 bits per heavy atom. The maximum absolute atomic E-state index is 3.20. The van der Waals surface area contributed by atoms with Gasteiger partial charge in [0.15, 0.2) is 0 Å². The van der Waals surface area contributed by atoms with Gasteiger partial charge in [-0.15, -0.1) is 0 Å². The first kappa shape index (κ1) is 7.75. The lowest BCUT2D eigenvalue weighted by Crippen LogP contribution is -2.59. The van der Waals surface area contributed by atoms with Crippen LogP contribution in [0.1, 0.15) is 0 Å². The van der Waals surface area contributed by atoms with Crippen LogP contribution in [-0.2, 0) is 0 Å². The third kappa shape index (κ3) is 1.78. The smallest absolute Gasteiger partial charge is 0.0599 e. The minimum Gasteiger partial charge on any atom is -0.318 e. The SMILES string of the molecule is CNCC1(I)CN(C)C1. The Balaban J connectivity index is 2.23. The van der Waals surface area contributed by atoms with Gasteiger partial charge in [0.25, 0.3) is 0 Å². The van der Waals surface area contributed by atoms with Gasteiger partial charge in [0.05, 0.1) is 3.42 Å². The first-order valence-electron chi connectivity index (χ1n) is 3.18. The molecule has 1 aliphatic rings. The zero-order valence-corrected chi connectivity index (χ0v) is 8.10. The molecule has 0 amide bonds. The van der Waals surface area contributed by atoms with E-state index in [4.69, 9.17) is 0 Å². The molecule has 0 spiro atoms. The molecular weight excluding hydrogens is 227 g/mol. The average Bonchev–Trinajstić information content (AvgIpc) is 1.62. The van der Waals surface area contributed by atoms with Crippen molar-refractivity contribution in [2.24, 2.45) is 0 Å². The van der Waals surface area contributed by atoms with Crippen LogP contribution in [0.2, 0.25) is 0 Å². The molecule has 0 aromatic carbocycles. The molecule has 54 valence electrons. The molecular formula is C6H13IN2. The lowest BCUT2D eigenvalue weighted by Gasteiger charge is -2.44. The van der Waals surface area contributed by atoms with Crippen LogP contribution in [0.4, 0.5) is 0 Å². The Morgan fingerprint density at radius 3 is 2.56 bits per heavy atom. The molecule has 1 heterocycles. The quantitative estimate of drug-likeness (QED) is 0.552. The van der Waals surface area contributed by atoms with Crippen LogP contribution in [0, 0.1) is 0 Å². The fraction of sp³-hybridized carbons (Fsp3) is 1.00. The molecule has 0 aromatic heterocycles. The van der Waals surface area contributed by atoms with E-state index in [1.807, 2.05) is 7.05 Å². The summed E-state index contributed by atoms with van der Waals surface area (Å²) >= 11 is 2.54. The molecule has 1 N–H and O–H groups in total. The average molecular weight is 240 g/mol. The van der Waals surface area contributed by atoms with Crippen molar-refractivity contribution in [3.8, 4) is 0 Å². The molecule has 1 rings (SSSR count). The molecule has 1 saturated heterocycles. The molecule has 0 atom stereocenters. The second kappa shape index (κ2) is 2.72. The Labute approximate surface area is 70.1 Å². The second-order valence-corrected chi connectivity index (χ2v) is 5.14. The zero-order chi connectivity index (χ0) is 6.91. The summed E-state index contributed by atoms with van der Waals surface area (Å²) in [4.78, 5) is 2.34. The molecule has 3 heteroatoms. The Morgan fingerprint density at radius 2 is 2.22 bits per heavy atom. The summed E-state index contributed by atoms with van der Waals surface area (Å²) in [6.45, 7) is 3.60. The highest BCUT2D eigenvalue weighted by molar-refractivity contribution is 14.1. The van der Waals surface area contributed by atoms with E-state index in [-0.39, 0.29) is 0 Å². The summed E-state index contributed by atoms with van der Waals surface area (Å²) in [6.07, 6.45) is 0. The fourth-order valence-corrected chi connectivity index (χ4v) is 2.90. The van der Waals surface area contributed by atoms with E-state index < -0.39 is 0 Å². The predicted molar refractivity (Wildman–Crippen MR) is 48.2 cm³/mol. The number of halogens is 1. The maximum atomic E-state index is 3.20. The number of hydrogen-bond donors (Lipinski definition) is 1. The van der Waals surface area contributed by atoms with Crippen molar-refractivity contribution < 1.29 is 0 Å². The molecule has 0 radical (unpaired) electrons. The van der Waals surface area contributed by atoms with Crippen LogP contribution in [0.3, 0.4) is 0 Å². The van der Waals surface area contributed by atoms with Crippen LogP contribution in [0.5, 0.6) is 0 Å². The van der Waals surface area contributed by atoms with Crippen LogP contribution >= 0.6 is 22.6 Å². The predicted octanol–water partition coefficient (Wildman–Crippen LogP) is 0.325. The number of nitrogens with zero attached hydrogens (tertiary/aromatic N) is 1. The zero-order valence-electron chi connectivity index (χ0n) is 5.95. The molecule has 1 aliphatic heterocycles. The van der Waals surface area contributed by atoms with E-state index >= 15 is 0 Å². The highest BCUT2D eigenvalue weighted by Gasteiger charge is 2.37. The van der Waals surface area contributed by atoms with E-state index in [2.05, 4.69) is 39.9 Å². The summed E-state index contributed by atoms with van der Waals surface area (Å²) < 4.78 is 0.529. The number of hydrogen-bond acceptors (Lipinski definition) is 2. The van der Waals surface area contributed by atoms with E-state index in [1.165, 1.54) is 13.1 Å². The highest BCUT2D eigenvalue weighted by atomic mass is 127. The molecule has 0 aliphatic carbocycles. The van der Waals surface area contributed by atoms with Crippen molar-refractivity contribution in [3.63, 3.8) is 0 Å². The third-order valence-electron chi connectivity index (χ3n) is 1.60. The van der Waals surface area contributed by atoms with Crippen molar-refractivity contribution in [1.29, 1.82) is 0 Å². The van der Waals surface area contributed by atoms with Crippen molar-refractivity contribution in [3.05, 3.63) is 0 Å². The first-order chi connectivity index (χ1) is 4.16. The molecule has 0 saturated carbocycles. The first-order valence-corrected chi connectivity index (χ1v) is 4.26. The largest absolute Gasteiger partial charge is 0.318 e. The van der Waals surface area contributed by atoms with Gasteiger partial charge in [-0.05, 0) is 14.1 Å². The minimum atomic E-state index is 0.529. The molecule has 9 heavy (non-hydrogen) atoms. The number of rotatable bonds is 2. The van der Waals surface area contributed by atoms with E-state index in [0.717, 1.165) is 6.54 Å². The molecule has 0 bridgehead atoms. The maximum Gasteiger partial charge on any atom is 0.0599 e. The number of nitrogens with one attached hydrogen (secondary N) is 1. The van der Waals surface area contributed by atoms with Gasteiger partial charge in [0.1, 0.15) is 0 Å².